The Balaban J connectivity index is 1.78. The van der Waals surface area contributed by atoms with Crippen LogP contribution in [-0.4, -0.2) is 19.1 Å². The van der Waals surface area contributed by atoms with Gasteiger partial charge in [-0.3, -0.25) is 4.79 Å². The van der Waals surface area contributed by atoms with Gasteiger partial charge in [0, 0.05) is 0 Å². The number of rotatable bonds is 7. The third kappa shape index (κ3) is 4.58. The van der Waals surface area contributed by atoms with Crippen LogP contribution < -0.4 is 10.1 Å². The van der Waals surface area contributed by atoms with E-state index in [2.05, 4.69) is 5.32 Å². The SMILES string of the molecule is CC[C@H](C(=O)NCCOc1ccc(F)cc1)c1ccccc1. The molecule has 2 aromatic rings. The minimum Gasteiger partial charge on any atom is -0.492 e. The van der Waals surface area contributed by atoms with E-state index in [0.29, 0.717) is 18.9 Å². The minimum absolute atomic E-state index is 0.00333. The second kappa shape index (κ2) is 8.17. The van der Waals surface area contributed by atoms with Crippen molar-refractivity contribution in [2.75, 3.05) is 13.2 Å². The normalized spacial score (nSPS) is 11.7. The van der Waals surface area contributed by atoms with E-state index in [4.69, 9.17) is 4.74 Å². The molecule has 0 unspecified atom stereocenters. The van der Waals surface area contributed by atoms with Crippen molar-refractivity contribution >= 4 is 5.91 Å². The van der Waals surface area contributed by atoms with E-state index in [9.17, 15) is 9.18 Å². The quantitative estimate of drug-likeness (QED) is 0.795. The Morgan fingerprint density at radius 3 is 2.45 bits per heavy atom. The molecule has 2 aromatic carbocycles. The summed E-state index contributed by atoms with van der Waals surface area (Å²) in [5.74, 6) is 0.142. The number of hydrogen-bond donors (Lipinski definition) is 1. The summed E-state index contributed by atoms with van der Waals surface area (Å²) in [6.07, 6.45) is 0.745. The maximum atomic E-state index is 12.8. The highest BCUT2D eigenvalue weighted by molar-refractivity contribution is 5.83. The lowest BCUT2D eigenvalue weighted by atomic mass is 9.96. The van der Waals surface area contributed by atoms with Crippen molar-refractivity contribution in [2.24, 2.45) is 0 Å². The first-order valence-corrected chi connectivity index (χ1v) is 7.41. The molecule has 1 atom stereocenters. The minimum atomic E-state index is -0.297. The Kier molecular flexibility index (Phi) is 5.95. The summed E-state index contributed by atoms with van der Waals surface area (Å²) >= 11 is 0. The van der Waals surface area contributed by atoms with Gasteiger partial charge in [0.25, 0.3) is 0 Å². The predicted molar refractivity (Wildman–Crippen MR) is 84.4 cm³/mol. The van der Waals surface area contributed by atoms with Gasteiger partial charge in [0.1, 0.15) is 18.2 Å². The Bertz CT molecular complexity index is 584. The summed E-state index contributed by atoms with van der Waals surface area (Å²) in [6.45, 7) is 2.76. The van der Waals surface area contributed by atoms with Crippen LogP contribution in [0.2, 0.25) is 0 Å². The van der Waals surface area contributed by atoms with E-state index in [1.165, 1.54) is 12.1 Å². The van der Waals surface area contributed by atoms with Crippen LogP contribution in [-0.2, 0) is 4.79 Å². The first-order chi connectivity index (χ1) is 10.7. The molecular weight excluding hydrogens is 281 g/mol. The van der Waals surface area contributed by atoms with Crippen LogP contribution in [0.1, 0.15) is 24.8 Å². The summed E-state index contributed by atoms with van der Waals surface area (Å²) in [5, 5.41) is 2.88. The topological polar surface area (TPSA) is 38.3 Å². The molecule has 0 fully saturated rings. The predicted octanol–water partition coefficient (Wildman–Crippen LogP) is 3.51. The largest absolute Gasteiger partial charge is 0.492 e. The van der Waals surface area contributed by atoms with Crippen molar-refractivity contribution in [3.63, 3.8) is 0 Å². The second-order valence-electron chi connectivity index (χ2n) is 4.96. The van der Waals surface area contributed by atoms with Crippen molar-refractivity contribution in [3.05, 3.63) is 66.0 Å². The third-order valence-electron chi connectivity index (χ3n) is 3.41. The molecule has 0 saturated heterocycles. The zero-order chi connectivity index (χ0) is 15.8. The molecule has 0 spiro atoms. The number of hydrogen-bond acceptors (Lipinski definition) is 2. The lowest BCUT2D eigenvalue weighted by Crippen LogP contribution is -2.32. The Hall–Kier alpha value is -2.36. The molecular formula is C18H20FNO2. The molecule has 116 valence electrons. The molecule has 0 bridgehead atoms. The maximum absolute atomic E-state index is 12.8. The number of amides is 1. The lowest BCUT2D eigenvalue weighted by molar-refractivity contribution is -0.122. The average molecular weight is 301 g/mol. The van der Waals surface area contributed by atoms with Crippen molar-refractivity contribution in [1.82, 2.24) is 5.32 Å². The Morgan fingerprint density at radius 1 is 1.14 bits per heavy atom. The highest BCUT2D eigenvalue weighted by Gasteiger charge is 2.17. The van der Waals surface area contributed by atoms with Crippen LogP contribution >= 0.6 is 0 Å². The van der Waals surface area contributed by atoms with E-state index in [-0.39, 0.29) is 17.6 Å². The summed E-state index contributed by atoms with van der Waals surface area (Å²) in [5.41, 5.74) is 1.02. The molecule has 0 aromatic heterocycles. The van der Waals surface area contributed by atoms with Gasteiger partial charge in [-0.05, 0) is 36.2 Å². The average Bonchev–Trinajstić information content (AvgIpc) is 2.55. The summed E-state index contributed by atoms with van der Waals surface area (Å²) in [6, 6.07) is 15.5. The van der Waals surface area contributed by atoms with Crippen molar-refractivity contribution in [3.8, 4) is 5.75 Å². The molecule has 0 radical (unpaired) electrons. The van der Waals surface area contributed by atoms with Crippen molar-refractivity contribution in [1.29, 1.82) is 0 Å². The highest BCUT2D eigenvalue weighted by Crippen LogP contribution is 2.19. The third-order valence-corrected chi connectivity index (χ3v) is 3.41. The maximum Gasteiger partial charge on any atom is 0.227 e. The van der Waals surface area contributed by atoms with Gasteiger partial charge in [0.2, 0.25) is 5.91 Å². The molecule has 0 aliphatic carbocycles. The zero-order valence-electron chi connectivity index (χ0n) is 12.6. The van der Waals surface area contributed by atoms with Crippen LogP contribution in [0.3, 0.4) is 0 Å². The number of nitrogens with one attached hydrogen (secondary N) is 1. The Morgan fingerprint density at radius 2 is 1.82 bits per heavy atom. The van der Waals surface area contributed by atoms with Crippen LogP contribution in [0.25, 0.3) is 0 Å². The standard InChI is InChI=1S/C18H20FNO2/c1-2-17(14-6-4-3-5-7-14)18(21)20-12-13-22-16-10-8-15(19)9-11-16/h3-11,17H,2,12-13H2,1H3,(H,20,21)/t17-/m0/s1. The molecule has 0 heterocycles. The van der Waals surface area contributed by atoms with E-state index < -0.39 is 0 Å². The van der Waals surface area contributed by atoms with Crippen molar-refractivity contribution in [2.45, 2.75) is 19.3 Å². The van der Waals surface area contributed by atoms with E-state index in [1.54, 1.807) is 12.1 Å². The molecule has 0 aliphatic heterocycles. The number of carbonyl (C=O) groups excluding carboxylic acids is 1. The van der Waals surface area contributed by atoms with Crippen molar-refractivity contribution < 1.29 is 13.9 Å². The van der Waals surface area contributed by atoms with E-state index in [0.717, 1.165) is 12.0 Å². The first-order valence-electron chi connectivity index (χ1n) is 7.41. The fourth-order valence-electron chi connectivity index (χ4n) is 2.25. The van der Waals surface area contributed by atoms with E-state index in [1.807, 2.05) is 37.3 Å². The summed E-state index contributed by atoms with van der Waals surface area (Å²) < 4.78 is 18.2. The number of halogens is 1. The second-order valence-corrected chi connectivity index (χ2v) is 4.96. The fraction of sp³-hybridized carbons (Fsp3) is 0.278. The van der Waals surface area contributed by atoms with Gasteiger partial charge >= 0.3 is 0 Å². The van der Waals surface area contributed by atoms with Crippen LogP contribution in [0.15, 0.2) is 54.6 Å². The smallest absolute Gasteiger partial charge is 0.227 e. The Labute approximate surface area is 130 Å². The number of benzene rings is 2. The molecule has 2 rings (SSSR count). The van der Waals surface area contributed by atoms with Gasteiger partial charge < -0.3 is 10.1 Å². The molecule has 0 saturated carbocycles. The molecule has 1 N–H and O–H groups in total. The van der Waals surface area contributed by atoms with E-state index >= 15 is 0 Å². The summed E-state index contributed by atoms with van der Waals surface area (Å²) in [4.78, 5) is 12.2. The van der Waals surface area contributed by atoms with Gasteiger partial charge in [-0.25, -0.2) is 4.39 Å². The lowest BCUT2D eigenvalue weighted by Gasteiger charge is -2.15. The molecule has 4 heteroatoms. The monoisotopic (exact) mass is 301 g/mol. The van der Waals surface area contributed by atoms with Gasteiger partial charge in [-0.2, -0.15) is 0 Å². The highest BCUT2D eigenvalue weighted by atomic mass is 19.1. The number of carbonyl (C=O) groups is 1. The van der Waals surface area contributed by atoms with Gasteiger partial charge in [0.05, 0.1) is 12.5 Å². The van der Waals surface area contributed by atoms with Crippen LogP contribution in [0, 0.1) is 5.82 Å². The van der Waals surface area contributed by atoms with Gasteiger partial charge in [0.15, 0.2) is 0 Å². The first kappa shape index (κ1) is 16.0. The summed E-state index contributed by atoms with van der Waals surface area (Å²) in [7, 11) is 0. The fourth-order valence-corrected chi connectivity index (χ4v) is 2.25. The molecule has 22 heavy (non-hydrogen) atoms. The molecule has 3 nitrogen and oxygen atoms in total. The van der Waals surface area contributed by atoms with Gasteiger partial charge in [-0.1, -0.05) is 37.3 Å². The van der Waals surface area contributed by atoms with Crippen LogP contribution in [0.4, 0.5) is 4.39 Å². The van der Waals surface area contributed by atoms with Crippen LogP contribution in [0.5, 0.6) is 5.75 Å². The molecule has 1 amide bonds. The molecule has 0 aliphatic rings. The number of ether oxygens (including phenoxy) is 1. The van der Waals surface area contributed by atoms with Gasteiger partial charge in [-0.15, -0.1) is 0 Å². The zero-order valence-corrected chi connectivity index (χ0v) is 12.6.